The van der Waals surface area contributed by atoms with Crippen LogP contribution in [0.15, 0.2) is 30.3 Å². The van der Waals surface area contributed by atoms with E-state index in [-0.39, 0.29) is 5.78 Å². The van der Waals surface area contributed by atoms with Gasteiger partial charge in [-0.2, -0.15) is 0 Å². The molecule has 0 atom stereocenters. The number of ketones is 1. The van der Waals surface area contributed by atoms with Crippen LogP contribution in [0.5, 0.6) is 0 Å². The van der Waals surface area contributed by atoms with Crippen molar-refractivity contribution in [3.63, 3.8) is 0 Å². The summed E-state index contributed by atoms with van der Waals surface area (Å²) in [5.74, 6) is 0.167. The maximum absolute atomic E-state index is 9.44. The number of rotatable bonds is 0. The fraction of sp³-hybridized carbons (Fsp3) is 0.222. The fourth-order valence-electron chi connectivity index (χ4n) is 0.342. The van der Waals surface area contributed by atoms with Gasteiger partial charge in [-0.1, -0.05) is 30.3 Å². The van der Waals surface area contributed by atoms with E-state index in [1.54, 1.807) is 0 Å². The van der Waals surface area contributed by atoms with Crippen molar-refractivity contribution < 1.29 is 4.79 Å². The van der Waals surface area contributed by atoms with Crippen LogP contribution in [-0.4, -0.2) is 5.78 Å². The number of benzene rings is 1. The van der Waals surface area contributed by atoms with Crippen LogP contribution in [0.3, 0.4) is 0 Å². The zero-order valence-corrected chi connectivity index (χ0v) is 6.29. The van der Waals surface area contributed by atoms with Crippen molar-refractivity contribution >= 4 is 5.78 Å². The van der Waals surface area contributed by atoms with Crippen molar-refractivity contribution in [3.05, 3.63) is 36.4 Å². The highest BCUT2D eigenvalue weighted by Crippen LogP contribution is 1.78. The van der Waals surface area contributed by atoms with E-state index in [0.29, 0.717) is 0 Å². The second-order valence-electron chi connectivity index (χ2n) is 1.99. The van der Waals surface area contributed by atoms with Crippen molar-refractivity contribution in [1.82, 2.24) is 0 Å². The van der Waals surface area contributed by atoms with Gasteiger partial charge in [-0.25, -0.2) is 0 Å². The third kappa shape index (κ3) is 10.00. The summed E-state index contributed by atoms with van der Waals surface area (Å²) in [4.78, 5) is 9.44. The van der Waals surface area contributed by atoms with Crippen LogP contribution in [-0.2, 0) is 4.79 Å². The van der Waals surface area contributed by atoms with Crippen LogP contribution in [0.4, 0.5) is 0 Å². The van der Waals surface area contributed by atoms with E-state index in [9.17, 15) is 4.79 Å². The van der Waals surface area contributed by atoms with Crippen molar-refractivity contribution in [2.45, 2.75) is 13.8 Å². The molecule has 0 aliphatic heterocycles. The smallest absolute Gasteiger partial charge is 0.126 e. The predicted octanol–water partition coefficient (Wildman–Crippen LogP) is 2.08. The highest BCUT2D eigenvalue weighted by atomic mass is 16.1. The Morgan fingerprint density at radius 2 is 1.50 bits per heavy atom. The summed E-state index contributed by atoms with van der Waals surface area (Å²) < 4.78 is 0. The second kappa shape index (κ2) is 6.02. The van der Waals surface area contributed by atoms with Gasteiger partial charge in [0.2, 0.25) is 0 Å². The van der Waals surface area contributed by atoms with Crippen molar-refractivity contribution in [3.8, 4) is 0 Å². The molecular weight excluding hydrogens is 124 g/mol. The summed E-state index contributed by atoms with van der Waals surface area (Å²) in [7, 11) is 0. The van der Waals surface area contributed by atoms with Crippen LogP contribution in [0, 0.1) is 6.07 Å². The normalized spacial score (nSPS) is 7.40. The molecule has 0 unspecified atom stereocenters. The summed E-state index contributed by atoms with van der Waals surface area (Å²) >= 11 is 0. The average Bonchev–Trinajstić information content (AvgIpc) is 1.90. The molecule has 0 heterocycles. The topological polar surface area (TPSA) is 17.1 Å². The van der Waals surface area contributed by atoms with Crippen LogP contribution >= 0.6 is 0 Å². The van der Waals surface area contributed by atoms with Gasteiger partial charge in [-0.3, -0.25) is 0 Å². The predicted molar refractivity (Wildman–Crippen MR) is 41.6 cm³/mol. The molecule has 0 aliphatic rings. The fourth-order valence-corrected chi connectivity index (χ4v) is 0.342. The largest absolute Gasteiger partial charge is 0.300 e. The molecular formula is C9H11O. The molecule has 0 fully saturated rings. The Bertz CT molecular complexity index is 137. The summed E-state index contributed by atoms with van der Waals surface area (Å²) in [5, 5.41) is 0. The van der Waals surface area contributed by atoms with Gasteiger partial charge < -0.3 is 4.79 Å². The summed E-state index contributed by atoms with van der Waals surface area (Å²) in [6.45, 7) is 3.06. The second-order valence-corrected chi connectivity index (χ2v) is 1.99. The monoisotopic (exact) mass is 135 g/mol. The molecule has 0 saturated heterocycles. The van der Waals surface area contributed by atoms with E-state index < -0.39 is 0 Å². The van der Waals surface area contributed by atoms with Gasteiger partial charge in [0, 0.05) is 0 Å². The lowest BCUT2D eigenvalue weighted by molar-refractivity contribution is -0.114. The van der Waals surface area contributed by atoms with Crippen LogP contribution < -0.4 is 0 Å². The standard InChI is InChI=1S/C6H5.C3H6O/c1-2-4-6-5-3-1;1-3(2)4/h1-5H;1-2H3. The molecule has 0 aliphatic carbocycles. The zero-order chi connectivity index (χ0) is 7.82. The molecule has 1 nitrogen and oxygen atoms in total. The van der Waals surface area contributed by atoms with Crippen LogP contribution in [0.1, 0.15) is 13.8 Å². The summed E-state index contributed by atoms with van der Waals surface area (Å²) in [6.07, 6.45) is 0. The van der Waals surface area contributed by atoms with Crippen molar-refractivity contribution in [2.75, 3.05) is 0 Å². The molecule has 1 heteroatoms. The molecule has 0 spiro atoms. The quantitative estimate of drug-likeness (QED) is 0.532. The molecule has 0 bridgehead atoms. The molecule has 1 aromatic carbocycles. The Morgan fingerprint density at radius 1 is 1.10 bits per heavy atom. The first-order chi connectivity index (χ1) is 4.73. The first kappa shape index (κ1) is 8.89. The van der Waals surface area contributed by atoms with Crippen molar-refractivity contribution in [1.29, 1.82) is 0 Å². The lowest BCUT2D eigenvalue weighted by Gasteiger charge is -1.68. The lowest BCUT2D eigenvalue weighted by Crippen LogP contribution is -1.69. The Kier molecular flexibility index (Phi) is 5.35. The molecule has 0 N–H and O–H groups in total. The molecule has 0 aromatic heterocycles. The minimum Gasteiger partial charge on any atom is -0.300 e. The SMILES string of the molecule is CC(C)=O.[c]1ccccc1. The van der Waals surface area contributed by atoms with E-state index in [1.165, 1.54) is 13.8 Å². The van der Waals surface area contributed by atoms with Crippen molar-refractivity contribution in [2.24, 2.45) is 0 Å². The van der Waals surface area contributed by atoms with E-state index in [0.717, 1.165) is 0 Å². The van der Waals surface area contributed by atoms with E-state index in [4.69, 9.17) is 0 Å². The van der Waals surface area contributed by atoms with E-state index in [2.05, 4.69) is 6.07 Å². The summed E-state index contributed by atoms with van der Waals surface area (Å²) in [5.41, 5.74) is 0. The van der Waals surface area contributed by atoms with E-state index in [1.807, 2.05) is 30.3 Å². The molecule has 0 amide bonds. The average molecular weight is 135 g/mol. The number of carbonyl (C=O) groups is 1. The Hall–Kier alpha value is -1.11. The van der Waals surface area contributed by atoms with E-state index >= 15 is 0 Å². The number of hydrogen-bond acceptors (Lipinski definition) is 1. The van der Waals surface area contributed by atoms with Crippen LogP contribution in [0.25, 0.3) is 0 Å². The first-order valence-corrected chi connectivity index (χ1v) is 3.11. The van der Waals surface area contributed by atoms with Crippen LogP contribution in [0.2, 0.25) is 0 Å². The zero-order valence-electron chi connectivity index (χ0n) is 6.29. The maximum atomic E-state index is 9.44. The number of hydrogen-bond donors (Lipinski definition) is 0. The maximum Gasteiger partial charge on any atom is 0.126 e. The molecule has 10 heavy (non-hydrogen) atoms. The van der Waals surface area contributed by atoms with Gasteiger partial charge in [0.1, 0.15) is 5.78 Å². The minimum atomic E-state index is 0.167. The third-order valence-electron chi connectivity index (χ3n) is 0.607. The van der Waals surface area contributed by atoms with Gasteiger partial charge in [0.05, 0.1) is 0 Å². The van der Waals surface area contributed by atoms with Gasteiger partial charge in [0.15, 0.2) is 0 Å². The number of carbonyl (C=O) groups excluding carboxylic acids is 1. The molecule has 1 rings (SSSR count). The minimum absolute atomic E-state index is 0.167. The summed E-state index contributed by atoms with van der Waals surface area (Å²) in [6, 6.07) is 12.5. The van der Waals surface area contributed by atoms with Gasteiger partial charge in [-0.05, 0) is 19.9 Å². The molecule has 1 aromatic rings. The first-order valence-electron chi connectivity index (χ1n) is 3.11. The molecule has 0 saturated carbocycles. The third-order valence-corrected chi connectivity index (χ3v) is 0.607. The van der Waals surface area contributed by atoms with Gasteiger partial charge in [-0.15, -0.1) is 0 Å². The molecule has 1 radical (unpaired) electrons. The Labute approximate surface area is 61.7 Å². The van der Waals surface area contributed by atoms with Gasteiger partial charge in [0.25, 0.3) is 0 Å². The Balaban J connectivity index is 0.000000180. The molecule has 53 valence electrons. The number of Topliss-reactive ketones (excluding diaryl/α,β-unsaturated/α-hetero) is 1. The lowest BCUT2D eigenvalue weighted by atomic mass is 10.4. The highest BCUT2D eigenvalue weighted by molar-refractivity contribution is 5.72. The highest BCUT2D eigenvalue weighted by Gasteiger charge is 1.62. The Morgan fingerprint density at radius 3 is 1.60 bits per heavy atom. The van der Waals surface area contributed by atoms with Gasteiger partial charge >= 0.3 is 0 Å².